The fraction of sp³-hybridized carbons (Fsp3) is 0.400. The van der Waals surface area contributed by atoms with Gasteiger partial charge in [0.05, 0.1) is 17.8 Å². The molecule has 2 N–H and O–H groups in total. The maximum Gasteiger partial charge on any atom is 0.234 e. The highest BCUT2D eigenvalue weighted by molar-refractivity contribution is 5.80. The Hall–Kier alpha value is -2.27. The number of rotatable bonds is 5. The Morgan fingerprint density at radius 3 is 2.56 bits per heavy atom. The molecule has 2 aromatic rings. The predicted molar refractivity (Wildman–Crippen MR) is 93.7 cm³/mol. The van der Waals surface area contributed by atoms with E-state index in [4.69, 9.17) is 5.73 Å². The van der Waals surface area contributed by atoms with Crippen molar-refractivity contribution in [2.45, 2.75) is 43.4 Å². The zero-order chi connectivity index (χ0) is 17.4. The third-order valence-corrected chi connectivity index (χ3v) is 5.20. The number of carbonyl (C=O) groups excluding carboxylic acids is 1. The molecule has 0 unspecified atom stereocenters. The maximum atomic E-state index is 14.1. The van der Waals surface area contributed by atoms with Gasteiger partial charge in [0.2, 0.25) is 5.91 Å². The molecule has 5 heteroatoms. The molecule has 1 saturated heterocycles. The molecule has 2 fully saturated rings. The minimum Gasteiger partial charge on any atom is -0.368 e. The van der Waals surface area contributed by atoms with Crippen LogP contribution in [0.2, 0.25) is 0 Å². The van der Waals surface area contributed by atoms with Crippen LogP contribution in [0.15, 0.2) is 48.7 Å². The number of benzene rings is 1. The number of hydrogen-bond donors (Lipinski definition) is 1. The van der Waals surface area contributed by atoms with Gasteiger partial charge in [-0.1, -0.05) is 36.4 Å². The molecule has 25 heavy (non-hydrogen) atoms. The lowest BCUT2D eigenvalue weighted by molar-refractivity contribution is -0.122. The summed E-state index contributed by atoms with van der Waals surface area (Å²) in [5.41, 5.74) is 8.63. The van der Waals surface area contributed by atoms with Crippen molar-refractivity contribution in [3.8, 4) is 0 Å². The lowest BCUT2D eigenvalue weighted by Crippen LogP contribution is -2.42. The largest absolute Gasteiger partial charge is 0.368 e. The SMILES string of the molecule is NC(=O)[C@@H]1C[C@H](F)CN1[C@@H](c1ccccc1)c1ccc(C2CC2)cn1. The molecule has 1 aliphatic heterocycles. The number of pyridine rings is 1. The monoisotopic (exact) mass is 339 g/mol. The molecule has 1 aliphatic carbocycles. The average Bonchev–Trinajstić information content (AvgIpc) is 3.39. The number of primary amides is 1. The van der Waals surface area contributed by atoms with Gasteiger partial charge in [-0.3, -0.25) is 14.7 Å². The Labute approximate surface area is 146 Å². The Balaban J connectivity index is 1.72. The van der Waals surface area contributed by atoms with Gasteiger partial charge in [-0.2, -0.15) is 0 Å². The second-order valence-electron chi connectivity index (χ2n) is 7.05. The van der Waals surface area contributed by atoms with Crippen molar-refractivity contribution >= 4 is 5.91 Å². The first-order chi connectivity index (χ1) is 12.1. The maximum absolute atomic E-state index is 14.1. The molecule has 0 spiro atoms. The van der Waals surface area contributed by atoms with E-state index in [9.17, 15) is 9.18 Å². The second kappa shape index (κ2) is 6.56. The zero-order valence-corrected chi connectivity index (χ0v) is 14.0. The quantitative estimate of drug-likeness (QED) is 0.911. The Kier molecular flexibility index (Phi) is 4.25. The summed E-state index contributed by atoms with van der Waals surface area (Å²) in [7, 11) is 0. The molecule has 4 rings (SSSR count). The van der Waals surface area contributed by atoms with Crippen LogP contribution in [0.1, 0.15) is 48.0 Å². The molecule has 1 aromatic carbocycles. The summed E-state index contributed by atoms with van der Waals surface area (Å²) in [6.07, 6.45) is 3.48. The van der Waals surface area contributed by atoms with E-state index in [0.29, 0.717) is 5.92 Å². The molecule has 2 heterocycles. The van der Waals surface area contributed by atoms with Crippen LogP contribution in [-0.4, -0.2) is 34.5 Å². The van der Waals surface area contributed by atoms with Gasteiger partial charge in [-0.05, 0) is 36.0 Å². The van der Waals surface area contributed by atoms with Gasteiger partial charge in [-0.25, -0.2) is 4.39 Å². The standard InChI is InChI=1S/C20H22FN3O/c21-16-10-18(20(22)25)24(12-16)19(14-4-2-1-3-5-14)17-9-8-15(11-23-17)13-6-7-13/h1-5,8-9,11,13,16,18-19H,6-7,10,12H2,(H2,22,25)/t16-,18-,19-/m0/s1. The van der Waals surface area contributed by atoms with Crippen LogP contribution in [0, 0.1) is 0 Å². The number of halogens is 1. The molecule has 1 aromatic heterocycles. The summed E-state index contributed by atoms with van der Waals surface area (Å²) in [5.74, 6) is 0.160. The van der Waals surface area contributed by atoms with Crippen LogP contribution in [0.4, 0.5) is 4.39 Å². The minimum absolute atomic E-state index is 0.152. The van der Waals surface area contributed by atoms with Crippen LogP contribution in [0.5, 0.6) is 0 Å². The molecule has 130 valence electrons. The van der Waals surface area contributed by atoms with Crippen molar-refractivity contribution in [2.24, 2.45) is 5.73 Å². The molecule has 4 nitrogen and oxygen atoms in total. The number of nitrogens with zero attached hydrogens (tertiary/aromatic N) is 2. The number of nitrogens with two attached hydrogens (primary N) is 1. The van der Waals surface area contributed by atoms with Crippen LogP contribution >= 0.6 is 0 Å². The van der Waals surface area contributed by atoms with E-state index in [1.165, 1.54) is 18.4 Å². The fourth-order valence-corrected chi connectivity index (χ4v) is 3.78. The van der Waals surface area contributed by atoms with Crippen molar-refractivity contribution < 1.29 is 9.18 Å². The fourth-order valence-electron chi connectivity index (χ4n) is 3.78. The highest BCUT2D eigenvalue weighted by Crippen LogP contribution is 2.40. The normalized spacial score (nSPS) is 25.0. The summed E-state index contributed by atoms with van der Waals surface area (Å²) < 4.78 is 14.1. The molecule has 2 aliphatic rings. The van der Waals surface area contributed by atoms with Crippen molar-refractivity contribution in [1.82, 2.24) is 9.88 Å². The van der Waals surface area contributed by atoms with Gasteiger partial charge in [0.15, 0.2) is 0 Å². The molecule has 1 amide bonds. The average molecular weight is 339 g/mol. The number of amides is 1. The van der Waals surface area contributed by atoms with Gasteiger partial charge in [-0.15, -0.1) is 0 Å². The van der Waals surface area contributed by atoms with E-state index in [2.05, 4.69) is 11.1 Å². The zero-order valence-electron chi connectivity index (χ0n) is 14.0. The molecule has 0 radical (unpaired) electrons. The van der Waals surface area contributed by atoms with Crippen LogP contribution in [-0.2, 0) is 4.79 Å². The van der Waals surface area contributed by atoms with E-state index in [-0.39, 0.29) is 19.0 Å². The van der Waals surface area contributed by atoms with Crippen molar-refractivity contribution in [3.05, 3.63) is 65.5 Å². The second-order valence-corrected chi connectivity index (χ2v) is 7.05. The molecular weight excluding hydrogens is 317 g/mol. The Morgan fingerprint density at radius 1 is 1.20 bits per heavy atom. The summed E-state index contributed by atoms with van der Waals surface area (Å²) in [6, 6.07) is 13.1. The van der Waals surface area contributed by atoms with Crippen LogP contribution < -0.4 is 5.73 Å². The highest BCUT2D eigenvalue weighted by Gasteiger charge is 2.41. The number of likely N-dealkylation sites (tertiary alicyclic amines) is 1. The number of carbonyl (C=O) groups is 1. The summed E-state index contributed by atoms with van der Waals surface area (Å²) in [4.78, 5) is 18.4. The predicted octanol–water partition coefficient (Wildman–Crippen LogP) is 2.95. The number of aromatic nitrogens is 1. The lowest BCUT2D eigenvalue weighted by Gasteiger charge is -2.31. The molecular formula is C20H22FN3O. The Bertz CT molecular complexity index is 745. The summed E-state index contributed by atoms with van der Waals surface area (Å²) in [6.45, 7) is 0.194. The minimum atomic E-state index is -1.05. The van der Waals surface area contributed by atoms with Crippen LogP contribution in [0.3, 0.4) is 0 Å². The van der Waals surface area contributed by atoms with Gasteiger partial charge in [0, 0.05) is 19.2 Å². The topological polar surface area (TPSA) is 59.2 Å². The lowest BCUT2D eigenvalue weighted by atomic mass is 9.99. The first-order valence-electron chi connectivity index (χ1n) is 8.83. The van der Waals surface area contributed by atoms with Crippen molar-refractivity contribution in [3.63, 3.8) is 0 Å². The first kappa shape index (κ1) is 16.2. The summed E-state index contributed by atoms with van der Waals surface area (Å²) >= 11 is 0. The third-order valence-electron chi connectivity index (χ3n) is 5.20. The third kappa shape index (κ3) is 3.29. The van der Waals surface area contributed by atoms with Gasteiger partial charge in [0.25, 0.3) is 0 Å². The van der Waals surface area contributed by atoms with Crippen molar-refractivity contribution in [2.75, 3.05) is 6.54 Å². The summed E-state index contributed by atoms with van der Waals surface area (Å²) in [5, 5.41) is 0. The molecule has 0 bridgehead atoms. The van der Waals surface area contributed by atoms with Crippen molar-refractivity contribution in [1.29, 1.82) is 0 Å². The van der Waals surface area contributed by atoms with E-state index >= 15 is 0 Å². The number of alkyl halides is 1. The Morgan fingerprint density at radius 2 is 1.96 bits per heavy atom. The van der Waals surface area contributed by atoms with Gasteiger partial charge in [0.1, 0.15) is 6.17 Å². The van der Waals surface area contributed by atoms with Gasteiger partial charge >= 0.3 is 0 Å². The smallest absolute Gasteiger partial charge is 0.234 e. The van der Waals surface area contributed by atoms with Gasteiger partial charge < -0.3 is 5.73 Å². The van der Waals surface area contributed by atoms with E-state index in [0.717, 1.165) is 11.3 Å². The van der Waals surface area contributed by atoms with Crippen LogP contribution in [0.25, 0.3) is 0 Å². The van der Waals surface area contributed by atoms with E-state index in [1.54, 1.807) is 0 Å². The van der Waals surface area contributed by atoms with E-state index in [1.807, 2.05) is 47.5 Å². The highest BCUT2D eigenvalue weighted by atomic mass is 19.1. The molecule has 1 saturated carbocycles. The van der Waals surface area contributed by atoms with E-state index < -0.39 is 18.1 Å². The number of hydrogen-bond acceptors (Lipinski definition) is 3. The first-order valence-corrected chi connectivity index (χ1v) is 8.83. The molecule has 3 atom stereocenters.